The summed E-state index contributed by atoms with van der Waals surface area (Å²) in [6, 6.07) is 15.6. The molecule has 1 unspecified atom stereocenters. The van der Waals surface area contributed by atoms with Crippen LogP contribution in [0.4, 0.5) is 0 Å². The van der Waals surface area contributed by atoms with E-state index in [1.54, 1.807) is 18.1 Å². The number of benzene rings is 2. The van der Waals surface area contributed by atoms with Gasteiger partial charge in [0.1, 0.15) is 17.3 Å². The van der Waals surface area contributed by atoms with Crippen molar-refractivity contribution in [1.29, 1.82) is 0 Å². The molecule has 8 heteroatoms. The van der Waals surface area contributed by atoms with Gasteiger partial charge in [0.15, 0.2) is 0 Å². The van der Waals surface area contributed by atoms with Crippen molar-refractivity contribution in [3.63, 3.8) is 0 Å². The summed E-state index contributed by atoms with van der Waals surface area (Å²) in [7, 11) is 1.72. The highest BCUT2D eigenvalue weighted by atomic mass is 16.4. The van der Waals surface area contributed by atoms with E-state index in [9.17, 15) is 14.7 Å². The van der Waals surface area contributed by atoms with Gasteiger partial charge in [0, 0.05) is 32.1 Å². The van der Waals surface area contributed by atoms with Crippen LogP contribution in [-0.2, 0) is 24.3 Å². The van der Waals surface area contributed by atoms with Gasteiger partial charge in [-0.15, -0.1) is 0 Å². The molecule has 4 aromatic rings. The largest absolute Gasteiger partial charge is 0.481 e. The van der Waals surface area contributed by atoms with Crippen molar-refractivity contribution >= 4 is 22.9 Å². The summed E-state index contributed by atoms with van der Waals surface area (Å²) in [5.74, 6) is 0.267. The molecule has 1 atom stereocenters. The first-order valence-electron chi connectivity index (χ1n) is 10.5. The summed E-state index contributed by atoms with van der Waals surface area (Å²) < 4.78 is 1.93. The Morgan fingerprint density at radius 1 is 1.16 bits per heavy atom. The fourth-order valence-electron chi connectivity index (χ4n) is 4.41. The van der Waals surface area contributed by atoms with Crippen LogP contribution >= 0.6 is 0 Å². The van der Waals surface area contributed by atoms with Gasteiger partial charge >= 0.3 is 5.97 Å². The van der Waals surface area contributed by atoms with Crippen LogP contribution in [0.25, 0.3) is 11.0 Å². The molecule has 3 heterocycles. The van der Waals surface area contributed by atoms with E-state index in [0.717, 1.165) is 28.0 Å². The lowest BCUT2D eigenvalue weighted by molar-refractivity contribution is -0.137. The Morgan fingerprint density at radius 3 is 2.75 bits per heavy atom. The molecule has 2 aromatic carbocycles. The van der Waals surface area contributed by atoms with E-state index in [2.05, 4.69) is 15.0 Å². The number of rotatable bonds is 5. The van der Waals surface area contributed by atoms with E-state index in [1.165, 1.54) is 0 Å². The van der Waals surface area contributed by atoms with Gasteiger partial charge in [0.25, 0.3) is 5.91 Å². The van der Waals surface area contributed by atoms with Crippen LogP contribution in [-0.4, -0.2) is 48.4 Å². The predicted molar refractivity (Wildman–Crippen MR) is 118 cm³/mol. The lowest BCUT2D eigenvalue weighted by atomic mass is 9.91. The second kappa shape index (κ2) is 7.96. The highest BCUT2D eigenvalue weighted by molar-refractivity contribution is 5.92. The van der Waals surface area contributed by atoms with Crippen LogP contribution in [0.15, 0.2) is 54.7 Å². The van der Waals surface area contributed by atoms with Gasteiger partial charge in [-0.2, -0.15) is 0 Å². The number of aromatic amines is 1. The van der Waals surface area contributed by atoms with Crippen LogP contribution < -0.4 is 0 Å². The Morgan fingerprint density at radius 2 is 1.94 bits per heavy atom. The number of H-pyrrole nitrogens is 1. The molecule has 0 saturated heterocycles. The SMILES string of the molecule is CN(Cc1nc2ccccc2[nH]1)C(=O)c1cn2c(n1)Cc1ccccc1C(CC(=O)O)C2. The fourth-order valence-corrected chi connectivity index (χ4v) is 4.41. The zero-order valence-electron chi connectivity index (χ0n) is 17.7. The molecular weight excluding hydrogens is 406 g/mol. The monoisotopic (exact) mass is 429 g/mol. The zero-order chi connectivity index (χ0) is 22.2. The molecule has 5 rings (SSSR count). The van der Waals surface area contributed by atoms with E-state index in [0.29, 0.717) is 31.0 Å². The minimum Gasteiger partial charge on any atom is -0.481 e. The average Bonchev–Trinajstić information content (AvgIpc) is 3.32. The number of aliphatic carboxylic acids is 1. The number of amides is 1. The maximum absolute atomic E-state index is 13.1. The first-order valence-corrected chi connectivity index (χ1v) is 10.5. The van der Waals surface area contributed by atoms with E-state index in [-0.39, 0.29) is 18.2 Å². The predicted octanol–water partition coefficient (Wildman–Crippen LogP) is 3.19. The molecule has 2 N–H and O–H groups in total. The molecule has 162 valence electrons. The summed E-state index contributed by atoms with van der Waals surface area (Å²) in [6.07, 6.45) is 2.34. The minimum absolute atomic E-state index is 0.0316. The minimum atomic E-state index is -0.838. The van der Waals surface area contributed by atoms with Crippen LogP contribution in [0.5, 0.6) is 0 Å². The lowest BCUT2D eigenvalue weighted by Crippen LogP contribution is -2.27. The quantitative estimate of drug-likeness (QED) is 0.507. The molecule has 8 nitrogen and oxygen atoms in total. The summed E-state index contributed by atoms with van der Waals surface area (Å²) in [6.45, 7) is 0.812. The summed E-state index contributed by atoms with van der Waals surface area (Å²) in [4.78, 5) is 38.5. The molecule has 0 bridgehead atoms. The third-order valence-corrected chi connectivity index (χ3v) is 5.93. The van der Waals surface area contributed by atoms with Crippen molar-refractivity contribution in [2.24, 2.45) is 0 Å². The number of nitrogens with zero attached hydrogens (tertiary/aromatic N) is 4. The standard InChI is InChI=1S/C24H23N5O3/c1-28(14-21-25-18-8-4-5-9-19(18)26-21)24(32)20-13-29-12-16(11-23(30)31)17-7-3-2-6-15(17)10-22(29)27-20/h2-9,13,16H,10-12,14H2,1H3,(H,25,26)(H,30,31). The molecule has 2 aromatic heterocycles. The van der Waals surface area contributed by atoms with Crippen LogP contribution in [0.3, 0.4) is 0 Å². The van der Waals surface area contributed by atoms with E-state index < -0.39 is 5.97 Å². The Bertz CT molecular complexity index is 1290. The number of aromatic nitrogens is 4. The number of fused-ring (bicyclic) bond motifs is 3. The molecule has 0 saturated carbocycles. The summed E-state index contributed by atoms with van der Waals surface area (Å²) >= 11 is 0. The second-order valence-electron chi connectivity index (χ2n) is 8.23. The first kappa shape index (κ1) is 20.0. The number of para-hydroxylation sites is 2. The Labute approximate surface area is 184 Å². The lowest BCUT2D eigenvalue weighted by Gasteiger charge is -2.16. The number of carbonyl (C=O) groups excluding carboxylic acids is 1. The highest BCUT2D eigenvalue weighted by Crippen LogP contribution is 2.31. The van der Waals surface area contributed by atoms with Crippen molar-refractivity contribution < 1.29 is 14.7 Å². The number of hydrogen-bond donors (Lipinski definition) is 2. The van der Waals surface area contributed by atoms with Gasteiger partial charge < -0.3 is 19.6 Å². The Hall–Kier alpha value is -3.94. The average molecular weight is 429 g/mol. The smallest absolute Gasteiger partial charge is 0.304 e. The van der Waals surface area contributed by atoms with Crippen LogP contribution in [0.1, 0.15) is 45.6 Å². The summed E-state index contributed by atoms with van der Waals surface area (Å²) in [5.41, 5.74) is 4.24. The molecule has 1 amide bonds. The van der Waals surface area contributed by atoms with Crippen molar-refractivity contribution in [3.05, 3.63) is 83.2 Å². The third-order valence-electron chi connectivity index (χ3n) is 5.93. The van der Waals surface area contributed by atoms with Crippen molar-refractivity contribution in [1.82, 2.24) is 24.4 Å². The second-order valence-corrected chi connectivity index (χ2v) is 8.23. The molecular formula is C24H23N5O3. The van der Waals surface area contributed by atoms with Crippen molar-refractivity contribution in [2.75, 3.05) is 7.05 Å². The highest BCUT2D eigenvalue weighted by Gasteiger charge is 2.27. The van der Waals surface area contributed by atoms with Crippen LogP contribution in [0.2, 0.25) is 0 Å². The molecule has 0 radical (unpaired) electrons. The maximum Gasteiger partial charge on any atom is 0.304 e. The topological polar surface area (TPSA) is 104 Å². The summed E-state index contributed by atoms with van der Waals surface area (Å²) in [5, 5.41) is 9.40. The molecule has 0 aliphatic carbocycles. The number of carboxylic acids is 1. The molecule has 1 aliphatic heterocycles. The fraction of sp³-hybridized carbons (Fsp3) is 0.250. The molecule has 1 aliphatic rings. The zero-order valence-corrected chi connectivity index (χ0v) is 17.7. The van der Waals surface area contributed by atoms with E-state index in [1.807, 2.05) is 53.1 Å². The molecule has 32 heavy (non-hydrogen) atoms. The van der Waals surface area contributed by atoms with Gasteiger partial charge in [0.2, 0.25) is 0 Å². The van der Waals surface area contributed by atoms with E-state index >= 15 is 0 Å². The van der Waals surface area contributed by atoms with Gasteiger partial charge in [-0.3, -0.25) is 9.59 Å². The van der Waals surface area contributed by atoms with E-state index in [4.69, 9.17) is 0 Å². The Kier molecular flexibility index (Phi) is 4.97. The molecule has 0 spiro atoms. The number of nitrogens with one attached hydrogen (secondary N) is 1. The number of hydrogen-bond acceptors (Lipinski definition) is 4. The first-order chi connectivity index (χ1) is 15.5. The van der Waals surface area contributed by atoms with Gasteiger partial charge in [-0.1, -0.05) is 36.4 Å². The van der Waals surface area contributed by atoms with Gasteiger partial charge in [-0.05, 0) is 23.3 Å². The van der Waals surface area contributed by atoms with Crippen molar-refractivity contribution in [2.45, 2.75) is 31.8 Å². The normalized spacial score (nSPS) is 15.1. The molecule has 0 fully saturated rings. The maximum atomic E-state index is 13.1. The van der Waals surface area contributed by atoms with Crippen LogP contribution in [0, 0.1) is 0 Å². The van der Waals surface area contributed by atoms with Gasteiger partial charge in [0.05, 0.1) is 24.0 Å². The Balaban J connectivity index is 1.39. The van der Waals surface area contributed by atoms with Gasteiger partial charge in [-0.25, -0.2) is 9.97 Å². The number of carboxylic acid groups (broad SMARTS) is 1. The number of imidazole rings is 2. The van der Waals surface area contributed by atoms with Crippen molar-refractivity contribution in [3.8, 4) is 0 Å². The third kappa shape index (κ3) is 3.75. The number of carbonyl (C=O) groups is 2.